The van der Waals surface area contributed by atoms with Crippen LogP contribution in [0.4, 0.5) is 0 Å². The van der Waals surface area contributed by atoms with Crippen LogP contribution in [0.3, 0.4) is 0 Å². The molecule has 1 aromatic rings. The van der Waals surface area contributed by atoms with Crippen LogP contribution < -0.4 is 0 Å². The van der Waals surface area contributed by atoms with Crippen LogP contribution in [0.15, 0.2) is 35.3 Å². The van der Waals surface area contributed by atoms with Crippen molar-refractivity contribution >= 4 is 12.0 Å². The Labute approximate surface area is 71.9 Å². The van der Waals surface area contributed by atoms with Gasteiger partial charge in [-0.05, 0) is 12.5 Å². The van der Waals surface area contributed by atoms with Crippen molar-refractivity contribution < 1.29 is 4.79 Å². The third-order valence-electron chi connectivity index (χ3n) is 1.35. The molecule has 12 heavy (non-hydrogen) atoms. The molecule has 0 spiro atoms. The molecule has 0 radical (unpaired) electrons. The van der Waals surface area contributed by atoms with Crippen LogP contribution in [0.2, 0.25) is 0 Å². The van der Waals surface area contributed by atoms with Crippen molar-refractivity contribution in [3.8, 4) is 0 Å². The van der Waals surface area contributed by atoms with Crippen LogP contribution in [0.1, 0.15) is 12.5 Å². The minimum Gasteiger partial charge on any atom is -0.298 e. The maximum absolute atomic E-state index is 10.5. The normalized spacial score (nSPS) is 10.4. The molecule has 0 saturated carbocycles. The summed E-state index contributed by atoms with van der Waals surface area (Å²) in [6.07, 6.45) is 1.71. The summed E-state index contributed by atoms with van der Waals surface area (Å²) in [5.74, 6) is 0.0854. The Bertz CT molecular complexity index is 277. The van der Waals surface area contributed by atoms with Crippen molar-refractivity contribution in [2.75, 3.05) is 6.54 Å². The Morgan fingerprint density at radius 1 is 1.42 bits per heavy atom. The summed E-state index contributed by atoms with van der Waals surface area (Å²) in [6.45, 7) is 1.80. The fourth-order valence-electron chi connectivity index (χ4n) is 0.819. The van der Waals surface area contributed by atoms with Crippen LogP contribution in [-0.4, -0.2) is 18.5 Å². The molecule has 0 heterocycles. The molecule has 0 atom stereocenters. The van der Waals surface area contributed by atoms with Gasteiger partial charge in [0.2, 0.25) is 0 Å². The Morgan fingerprint density at radius 2 is 2.08 bits per heavy atom. The first-order valence-electron chi connectivity index (χ1n) is 3.83. The summed E-state index contributed by atoms with van der Waals surface area (Å²) in [5, 5.41) is 0. The number of Topliss-reactive ketones (excluding diaryl/α,β-unsaturated/α-hetero) is 1. The van der Waals surface area contributed by atoms with Gasteiger partial charge in [0.05, 0.1) is 6.54 Å². The first-order valence-corrected chi connectivity index (χ1v) is 3.83. The number of hydrogen-bond donors (Lipinski definition) is 0. The lowest BCUT2D eigenvalue weighted by molar-refractivity contribution is -0.115. The lowest BCUT2D eigenvalue weighted by atomic mass is 10.2. The van der Waals surface area contributed by atoms with Gasteiger partial charge in [0.1, 0.15) is 0 Å². The fourth-order valence-corrected chi connectivity index (χ4v) is 0.819. The molecule has 0 fully saturated rings. The maximum atomic E-state index is 10.5. The van der Waals surface area contributed by atoms with Crippen molar-refractivity contribution in [3.63, 3.8) is 0 Å². The Kier molecular flexibility index (Phi) is 3.20. The summed E-state index contributed by atoms with van der Waals surface area (Å²) < 4.78 is 0. The van der Waals surface area contributed by atoms with E-state index in [2.05, 4.69) is 4.99 Å². The van der Waals surface area contributed by atoms with E-state index in [1.54, 1.807) is 6.21 Å². The molecule has 0 saturated heterocycles. The van der Waals surface area contributed by atoms with Gasteiger partial charge < -0.3 is 0 Å². The van der Waals surface area contributed by atoms with Gasteiger partial charge in [-0.2, -0.15) is 0 Å². The molecule has 0 aliphatic heterocycles. The van der Waals surface area contributed by atoms with Crippen LogP contribution in [-0.2, 0) is 4.79 Å². The van der Waals surface area contributed by atoms with E-state index in [1.165, 1.54) is 6.92 Å². The molecule has 0 amide bonds. The predicted molar refractivity (Wildman–Crippen MR) is 49.6 cm³/mol. The lowest BCUT2D eigenvalue weighted by Gasteiger charge is -1.89. The summed E-state index contributed by atoms with van der Waals surface area (Å²) in [6, 6.07) is 9.72. The zero-order valence-electron chi connectivity index (χ0n) is 7.03. The molecule has 0 aliphatic carbocycles. The van der Waals surface area contributed by atoms with E-state index in [1.807, 2.05) is 30.3 Å². The zero-order chi connectivity index (χ0) is 8.81. The average molecular weight is 161 g/mol. The zero-order valence-corrected chi connectivity index (χ0v) is 7.03. The Morgan fingerprint density at radius 3 is 2.67 bits per heavy atom. The third-order valence-corrected chi connectivity index (χ3v) is 1.35. The fraction of sp³-hybridized carbons (Fsp3) is 0.200. The highest BCUT2D eigenvalue weighted by molar-refractivity contribution is 5.83. The Hall–Kier alpha value is -1.44. The summed E-state index contributed by atoms with van der Waals surface area (Å²) in [7, 11) is 0. The summed E-state index contributed by atoms with van der Waals surface area (Å²) >= 11 is 0. The second kappa shape index (κ2) is 4.44. The number of ketones is 1. The van der Waals surface area contributed by atoms with Crippen LogP contribution in [0.25, 0.3) is 0 Å². The topological polar surface area (TPSA) is 29.4 Å². The first kappa shape index (κ1) is 8.65. The van der Waals surface area contributed by atoms with Gasteiger partial charge in [-0.15, -0.1) is 0 Å². The van der Waals surface area contributed by atoms with Crippen molar-refractivity contribution in [1.82, 2.24) is 0 Å². The number of carbonyl (C=O) groups excluding carboxylic acids is 1. The smallest absolute Gasteiger partial charge is 0.151 e. The quantitative estimate of drug-likeness (QED) is 0.620. The van der Waals surface area contributed by atoms with Crippen molar-refractivity contribution in [3.05, 3.63) is 35.9 Å². The number of hydrogen-bond acceptors (Lipinski definition) is 2. The number of carbonyl (C=O) groups is 1. The SMILES string of the molecule is CC(=O)CN=Cc1ccccc1. The maximum Gasteiger partial charge on any atom is 0.151 e. The van der Waals surface area contributed by atoms with E-state index in [4.69, 9.17) is 0 Å². The average Bonchev–Trinajstić information content (AvgIpc) is 2.05. The van der Waals surface area contributed by atoms with Crippen molar-refractivity contribution in [2.24, 2.45) is 4.99 Å². The highest BCUT2D eigenvalue weighted by atomic mass is 16.1. The molecule has 1 rings (SSSR count). The summed E-state index contributed by atoms with van der Waals surface area (Å²) in [4.78, 5) is 14.5. The van der Waals surface area contributed by atoms with Gasteiger partial charge >= 0.3 is 0 Å². The van der Waals surface area contributed by atoms with Gasteiger partial charge in [-0.25, -0.2) is 0 Å². The van der Waals surface area contributed by atoms with Gasteiger partial charge in [0.15, 0.2) is 5.78 Å². The van der Waals surface area contributed by atoms with Crippen molar-refractivity contribution in [1.29, 1.82) is 0 Å². The molecule has 2 heteroatoms. The van der Waals surface area contributed by atoms with Crippen LogP contribution >= 0.6 is 0 Å². The van der Waals surface area contributed by atoms with Gasteiger partial charge in [0.25, 0.3) is 0 Å². The number of aliphatic imine (C=N–C) groups is 1. The van der Waals surface area contributed by atoms with E-state index in [-0.39, 0.29) is 12.3 Å². The minimum absolute atomic E-state index is 0.0854. The molecule has 0 bridgehead atoms. The molecule has 0 aromatic heterocycles. The number of benzene rings is 1. The number of rotatable bonds is 3. The third kappa shape index (κ3) is 3.10. The molecule has 0 unspecified atom stereocenters. The van der Waals surface area contributed by atoms with Crippen LogP contribution in [0, 0.1) is 0 Å². The van der Waals surface area contributed by atoms with Crippen LogP contribution in [0.5, 0.6) is 0 Å². The minimum atomic E-state index is 0.0854. The highest BCUT2D eigenvalue weighted by Gasteiger charge is 1.87. The largest absolute Gasteiger partial charge is 0.298 e. The molecular formula is C10H11NO. The van der Waals surface area contributed by atoms with Crippen molar-refractivity contribution in [2.45, 2.75) is 6.92 Å². The van der Waals surface area contributed by atoms with E-state index in [0.29, 0.717) is 0 Å². The van der Waals surface area contributed by atoms with Gasteiger partial charge in [0, 0.05) is 6.21 Å². The molecule has 0 aliphatic rings. The van der Waals surface area contributed by atoms with E-state index >= 15 is 0 Å². The molecular weight excluding hydrogens is 150 g/mol. The standard InChI is InChI=1S/C10H11NO/c1-9(12)7-11-8-10-5-3-2-4-6-10/h2-6,8H,7H2,1H3. The second-order valence-electron chi connectivity index (χ2n) is 2.58. The molecule has 1 aromatic carbocycles. The second-order valence-corrected chi connectivity index (χ2v) is 2.58. The van der Waals surface area contributed by atoms with E-state index in [0.717, 1.165) is 5.56 Å². The monoisotopic (exact) mass is 161 g/mol. The Balaban J connectivity index is 2.52. The molecule has 62 valence electrons. The van der Waals surface area contributed by atoms with E-state index < -0.39 is 0 Å². The highest BCUT2D eigenvalue weighted by Crippen LogP contribution is 1.93. The molecule has 0 N–H and O–H groups in total. The molecule has 2 nitrogen and oxygen atoms in total. The first-order chi connectivity index (χ1) is 5.79. The van der Waals surface area contributed by atoms with E-state index in [9.17, 15) is 4.79 Å². The van der Waals surface area contributed by atoms with Gasteiger partial charge in [-0.1, -0.05) is 30.3 Å². The predicted octanol–water partition coefficient (Wildman–Crippen LogP) is 1.69. The lowest BCUT2D eigenvalue weighted by Crippen LogP contribution is -1.94. The number of nitrogens with zero attached hydrogens (tertiary/aromatic N) is 1. The summed E-state index contributed by atoms with van der Waals surface area (Å²) in [5.41, 5.74) is 1.03. The van der Waals surface area contributed by atoms with Gasteiger partial charge in [-0.3, -0.25) is 9.79 Å².